The van der Waals surface area contributed by atoms with E-state index < -0.39 is 23.4 Å². The van der Waals surface area contributed by atoms with Gasteiger partial charge in [-0.15, -0.1) is 5.10 Å². The van der Waals surface area contributed by atoms with E-state index in [4.69, 9.17) is 4.74 Å². The molecule has 1 N–H and O–H groups in total. The second-order valence-electron chi connectivity index (χ2n) is 6.61. The zero-order chi connectivity index (χ0) is 21.8. The predicted molar refractivity (Wildman–Crippen MR) is 108 cm³/mol. The molecule has 10 heteroatoms. The molecule has 10 nitrogen and oxygen atoms in total. The molecule has 0 unspecified atom stereocenters. The number of hydrogen-bond acceptors (Lipinski definition) is 7. The van der Waals surface area contributed by atoms with Crippen molar-refractivity contribution in [1.82, 2.24) is 15.0 Å². The fourth-order valence-corrected chi connectivity index (χ4v) is 2.83. The van der Waals surface area contributed by atoms with Gasteiger partial charge in [-0.2, -0.15) is 9.90 Å². The molecule has 0 aliphatic carbocycles. The number of para-hydroxylation sites is 2. The summed E-state index contributed by atoms with van der Waals surface area (Å²) in [5.74, 6) is -1.53. The van der Waals surface area contributed by atoms with Gasteiger partial charge in [-0.25, -0.2) is 4.79 Å². The minimum absolute atomic E-state index is 0.0144. The zero-order valence-corrected chi connectivity index (χ0v) is 16.6. The van der Waals surface area contributed by atoms with Crippen LogP contribution in [-0.2, 0) is 9.53 Å². The summed E-state index contributed by atoms with van der Waals surface area (Å²) in [4.78, 5) is 36.1. The standard InChI is InChI=1S/C20H19N5O5/c1-12-8-9-16(13(2)10-12)24-22-14(3)19(23-24)20(27)30-11-18(26)21-15-6-4-5-7-17(15)25(28)29/h4-10H,11H2,1-3H3,(H,21,26). The van der Waals surface area contributed by atoms with Gasteiger partial charge in [0.2, 0.25) is 0 Å². The third kappa shape index (κ3) is 4.49. The van der Waals surface area contributed by atoms with Crippen LogP contribution in [0.5, 0.6) is 0 Å². The first-order valence-electron chi connectivity index (χ1n) is 8.98. The van der Waals surface area contributed by atoms with Crippen LogP contribution in [0.15, 0.2) is 42.5 Å². The lowest BCUT2D eigenvalue weighted by molar-refractivity contribution is -0.383. The number of ether oxygens (including phenoxy) is 1. The van der Waals surface area contributed by atoms with Gasteiger partial charge < -0.3 is 10.1 Å². The van der Waals surface area contributed by atoms with Gasteiger partial charge >= 0.3 is 5.97 Å². The first-order valence-corrected chi connectivity index (χ1v) is 8.98. The molecule has 0 spiro atoms. The summed E-state index contributed by atoms with van der Waals surface area (Å²) in [6.45, 7) is 4.86. The number of aryl methyl sites for hydroxylation is 3. The molecule has 1 aromatic heterocycles. The minimum atomic E-state index is -0.818. The first kappa shape index (κ1) is 20.6. The summed E-state index contributed by atoms with van der Waals surface area (Å²) in [6, 6.07) is 11.4. The molecule has 1 heterocycles. The van der Waals surface area contributed by atoms with Crippen LogP contribution >= 0.6 is 0 Å². The van der Waals surface area contributed by atoms with Crippen molar-refractivity contribution in [1.29, 1.82) is 0 Å². The molecule has 154 valence electrons. The van der Waals surface area contributed by atoms with Crippen molar-refractivity contribution >= 4 is 23.3 Å². The van der Waals surface area contributed by atoms with Crippen LogP contribution in [0.2, 0.25) is 0 Å². The van der Waals surface area contributed by atoms with Gasteiger partial charge in [-0.1, -0.05) is 29.8 Å². The number of esters is 1. The fraction of sp³-hybridized carbons (Fsp3) is 0.200. The average molecular weight is 409 g/mol. The average Bonchev–Trinajstić information content (AvgIpc) is 3.07. The maximum atomic E-state index is 12.4. The van der Waals surface area contributed by atoms with Crippen LogP contribution in [0.3, 0.4) is 0 Å². The number of amides is 1. The summed E-state index contributed by atoms with van der Waals surface area (Å²) < 4.78 is 5.01. The highest BCUT2D eigenvalue weighted by Gasteiger charge is 2.21. The fourth-order valence-electron chi connectivity index (χ4n) is 2.83. The topological polar surface area (TPSA) is 129 Å². The molecule has 0 radical (unpaired) electrons. The van der Waals surface area contributed by atoms with Gasteiger partial charge in [0, 0.05) is 6.07 Å². The summed E-state index contributed by atoms with van der Waals surface area (Å²) in [6.07, 6.45) is 0. The van der Waals surface area contributed by atoms with Crippen LogP contribution in [0.4, 0.5) is 11.4 Å². The van der Waals surface area contributed by atoms with E-state index in [-0.39, 0.29) is 17.1 Å². The second kappa shape index (κ2) is 8.52. The van der Waals surface area contributed by atoms with E-state index in [1.54, 1.807) is 13.0 Å². The van der Waals surface area contributed by atoms with Crippen LogP contribution in [0.25, 0.3) is 5.69 Å². The SMILES string of the molecule is Cc1ccc(-n2nc(C)c(C(=O)OCC(=O)Nc3ccccc3[N+](=O)[O-])n2)c(C)c1. The van der Waals surface area contributed by atoms with E-state index in [0.717, 1.165) is 16.8 Å². The highest BCUT2D eigenvalue weighted by Crippen LogP contribution is 2.23. The van der Waals surface area contributed by atoms with Crippen molar-refractivity contribution in [2.45, 2.75) is 20.8 Å². The van der Waals surface area contributed by atoms with Crippen LogP contribution in [-0.4, -0.2) is 38.4 Å². The van der Waals surface area contributed by atoms with E-state index in [9.17, 15) is 19.7 Å². The quantitative estimate of drug-likeness (QED) is 0.376. The lowest BCUT2D eigenvalue weighted by Crippen LogP contribution is -2.22. The Morgan fingerprint density at radius 3 is 2.57 bits per heavy atom. The third-order valence-corrected chi connectivity index (χ3v) is 4.25. The minimum Gasteiger partial charge on any atom is -0.451 e. The van der Waals surface area contributed by atoms with Gasteiger partial charge in [0.15, 0.2) is 12.3 Å². The molecular weight excluding hydrogens is 390 g/mol. The Morgan fingerprint density at radius 1 is 1.13 bits per heavy atom. The van der Waals surface area contributed by atoms with Crippen molar-refractivity contribution in [2.24, 2.45) is 0 Å². The Balaban J connectivity index is 1.68. The molecule has 0 aliphatic rings. The number of carbonyl (C=O) groups excluding carboxylic acids is 2. The van der Waals surface area contributed by atoms with Crippen molar-refractivity contribution in [3.05, 3.63) is 75.1 Å². The van der Waals surface area contributed by atoms with Gasteiger partial charge in [-0.05, 0) is 38.5 Å². The molecule has 1 amide bonds. The van der Waals surface area contributed by atoms with E-state index >= 15 is 0 Å². The Kier molecular flexibility index (Phi) is 5.86. The number of hydrogen-bond donors (Lipinski definition) is 1. The molecule has 0 bridgehead atoms. The molecule has 0 saturated heterocycles. The Hall–Kier alpha value is -4.08. The lowest BCUT2D eigenvalue weighted by Gasteiger charge is -2.06. The number of nitro groups is 1. The zero-order valence-electron chi connectivity index (χ0n) is 16.6. The molecule has 2 aromatic carbocycles. The number of nitro benzene ring substituents is 1. The van der Waals surface area contributed by atoms with E-state index in [1.807, 2.05) is 32.0 Å². The molecule has 30 heavy (non-hydrogen) atoms. The van der Waals surface area contributed by atoms with Crippen LogP contribution in [0, 0.1) is 30.9 Å². The number of rotatable bonds is 6. The number of carbonyl (C=O) groups is 2. The Bertz CT molecular complexity index is 1140. The lowest BCUT2D eigenvalue weighted by atomic mass is 10.1. The monoisotopic (exact) mass is 409 g/mol. The smallest absolute Gasteiger partial charge is 0.361 e. The molecule has 3 aromatic rings. The van der Waals surface area contributed by atoms with Gasteiger partial charge in [-0.3, -0.25) is 14.9 Å². The summed E-state index contributed by atoms with van der Waals surface area (Å²) >= 11 is 0. The molecule has 0 fully saturated rings. The summed E-state index contributed by atoms with van der Waals surface area (Å²) in [7, 11) is 0. The van der Waals surface area contributed by atoms with E-state index in [2.05, 4.69) is 15.5 Å². The molecule has 0 aliphatic heterocycles. The second-order valence-corrected chi connectivity index (χ2v) is 6.61. The predicted octanol–water partition coefficient (Wildman–Crippen LogP) is 2.90. The Morgan fingerprint density at radius 2 is 1.87 bits per heavy atom. The van der Waals surface area contributed by atoms with Crippen LogP contribution < -0.4 is 5.32 Å². The van der Waals surface area contributed by atoms with Gasteiger partial charge in [0.1, 0.15) is 5.69 Å². The molecular formula is C20H19N5O5. The summed E-state index contributed by atoms with van der Waals surface area (Å²) in [5, 5.41) is 21.8. The molecule has 3 rings (SSSR count). The number of benzene rings is 2. The van der Waals surface area contributed by atoms with Gasteiger partial charge in [0.05, 0.1) is 16.3 Å². The maximum Gasteiger partial charge on any atom is 0.361 e. The normalized spacial score (nSPS) is 10.5. The van der Waals surface area contributed by atoms with Crippen molar-refractivity contribution in [3.63, 3.8) is 0 Å². The first-order chi connectivity index (χ1) is 14.3. The van der Waals surface area contributed by atoms with E-state index in [1.165, 1.54) is 23.0 Å². The van der Waals surface area contributed by atoms with Gasteiger partial charge in [0.25, 0.3) is 11.6 Å². The number of nitrogens with zero attached hydrogens (tertiary/aromatic N) is 4. The van der Waals surface area contributed by atoms with Crippen molar-refractivity contribution < 1.29 is 19.2 Å². The number of aromatic nitrogens is 3. The van der Waals surface area contributed by atoms with Crippen molar-refractivity contribution in [3.8, 4) is 5.69 Å². The highest BCUT2D eigenvalue weighted by atomic mass is 16.6. The third-order valence-electron chi connectivity index (χ3n) is 4.25. The number of nitrogens with one attached hydrogen (secondary N) is 1. The number of anilines is 1. The molecule has 0 atom stereocenters. The highest BCUT2D eigenvalue weighted by molar-refractivity contribution is 5.96. The summed E-state index contributed by atoms with van der Waals surface area (Å²) in [5.41, 5.74) is 2.83. The largest absolute Gasteiger partial charge is 0.451 e. The van der Waals surface area contributed by atoms with Crippen molar-refractivity contribution in [2.75, 3.05) is 11.9 Å². The maximum absolute atomic E-state index is 12.4. The van der Waals surface area contributed by atoms with E-state index in [0.29, 0.717) is 5.69 Å². The van der Waals surface area contributed by atoms with Crippen LogP contribution in [0.1, 0.15) is 27.3 Å². The molecule has 0 saturated carbocycles. The Labute approximate surface area is 171 Å².